The molecule has 1 unspecified atom stereocenters. The largest absolute Gasteiger partial charge is 0.493 e. The Morgan fingerprint density at radius 3 is 2.50 bits per heavy atom. The summed E-state index contributed by atoms with van der Waals surface area (Å²) < 4.78 is 17.0. The molecule has 0 saturated carbocycles. The summed E-state index contributed by atoms with van der Waals surface area (Å²) in [5, 5.41) is 0. The number of anilines is 1. The van der Waals surface area contributed by atoms with Gasteiger partial charge in [-0.15, -0.1) is 0 Å². The number of benzene rings is 1. The van der Waals surface area contributed by atoms with Crippen LogP contribution < -0.4 is 10.5 Å². The highest BCUT2D eigenvalue weighted by molar-refractivity contribution is 7.85. The van der Waals surface area contributed by atoms with Crippen LogP contribution in [0.25, 0.3) is 0 Å². The molecular formula is C12H19NO2S. The van der Waals surface area contributed by atoms with E-state index in [0.29, 0.717) is 18.3 Å². The van der Waals surface area contributed by atoms with Crippen molar-refractivity contribution in [2.75, 3.05) is 23.8 Å². The highest BCUT2D eigenvalue weighted by atomic mass is 32.2. The Bertz CT molecular complexity index is 335. The van der Waals surface area contributed by atoms with Crippen molar-refractivity contribution in [2.45, 2.75) is 13.8 Å². The molecule has 0 amide bonds. The molecule has 0 aliphatic rings. The van der Waals surface area contributed by atoms with Gasteiger partial charge in [-0.25, -0.2) is 0 Å². The number of rotatable bonds is 6. The van der Waals surface area contributed by atoms with Crippen molar-refractivity contribution in [2.24, 2.45) is 5.92 Å². The molecule has 0 spiro atoms. The lowest BCUT2D eigenvalue weighted by Crippen LogP contribution is -2.13. The zero-order chi connectivity index (χ0) is 12.0. The molecule has 0 aromatic heterocycles. The Labute approximate surface area is 99.4 Å². The molecule has 1 aromatic rings. The molecule has 90 valence electrons. The fourth-order valence-electron chi connectivity index (χ4n) is 1.27. The lowest BCUT2D eigenvalue weighted by atomic mass is 10.3. The van der Waals surface area contributed by atoms with E-state index in [1.165, 1.54) is 0 Å². The lowest BCUT2D eigenvalue weighted by molar-refractivity contribution is 0.342. The van der Waals surface area contributed by atoms with Crippen LogP contribution in [-0.4, -0.2) is 22.3 Å². The zero-order valence-electron chi connectivity index (χ0n) is 9.81. The number of nitrogens with two attached hydrogens (primary N) is 1. The maximum Gasteiger partial charge on any atom is 0.119 e. The quantitative estimate of drug-likeness (QED) is 0.776. The van der Waals surface area contributed by atoms with Gasteiger partial charge in [0, 0.05) is 22.2 Å². The van der Waals surface area contributed by atoms with Crippen LogP contribution in [0.5, 0.6) is 5.75 Å². The van der Waals surface area contributed by atoms with E-state index >= 15 is 0 Å². The van der Waals surface area contributed by atoms with Crippen LogP contribution in [0.15, 0.2) is 24.3 Å². The van der Waals surface area contributed by atoms with Crippen molar-refractivity contribution < 1.29 is 8.95 Å². The second-order valence-corrected chi connectivity index (χ2v) is 5.74. The van der Waals surface area contributed by atoms with Crippen molar-refractivity contribution in [3.8, 4) is 5.75 Å². The molecule has 1 rings (SSSR count). The Morgan fingerprint density at radius 1 is 1.31 bits per heavy atom. The van der Waals surface area contributed by atoms with E-state index in [-0.39, 0.29) is 0 Å². The second kappa shape index (κ2) is 6.53. The van der Waals surface area contributed by atoms with Crippen molar-refractivity contribution in [3.63, 3.8) is 0 Å². The normalized spacial score (nSPS) is 12.7. The first-order valence-corrected chi connectivity index (χ1v) is 6.90. The lowest BCUT2D eigenvalue weighted by Gasteiger charge is -2.07. The highest BCUT2D eigenvalue weighted by Gasteiger charge is 2.03. The van der Waals surface area contributed by atoms with Crippen LogP contribution in [0, 0.1) is 5.92 Å². The van der Waals surface area contributed by atoms with E-state index < -0.39 is 10.8 Å². The molecule has 3 nitrogen and oxygen atoms in total. The molecular weight excluding hydrogens is 222 g/mol. The van der Waals surface area contributed by atoms with Gasteiger partial charge in [0.05, 0.1) is 12.4 Å². The monoisotopic (exact) mass is 241 g/mol. The van der Waals surface area contributed by atoms with Crippen LogP contribution in [0.2, 0.25) is 0 Å². The minimum absolute atomic E-state index is 0.470. The van der Waals surface area contributed by atoms with Crippen molar-refractivity contribution in [1.82, 2.24) is 0 Å². The van der Waals surface area contributed by atoms with Crippen molar-refractivity contribution in [1.29, 1.82) is 0 Å². The molecule has 0 saturated heterocycles. The summed E-state index contributed by atoms with van der Waals surface area (Å²) in [5.74, 6) is 2.57. The second-order valence-electron chi connectivity index (χ2n) is 4.12. The molecule has 0 aliphatic heterocycles. The summed E-state index contributed by atoms with van der Waals surface area (Å²) in [6, 6.07) is 7.22. The minimum atomic E-state index is -0.778. The summed E-state index contributed by atoms with van der Waals surface area (Å²) in [6.07, 6.45) is 0. The van der Waals surface area contributed by atoms with Gasteiger partial charge in [-0.1, -0.05) is 13.8 Å². The molecule has 1 aromatic carbocycles. The first-order valence-electron chi connectivity index (χ1n) is 5.41. The van der Waals surface area contributed by atoms with Gasteiger partial charge in [-0.3, -0.25) is 4.21 Å². The number of nitrogen functional groups attached to an aromatic ring is 1. The first kappa shape index (κ1) is 13.0. The maximum atomic E-state index is 11.5. The van der Waals surface area contributed by atoms with E-state index in [9.17, 15) is 4.21 Å². The Morgan fingerprint density at radius 2 is 1.94 bits per heavy atom. The molecule has 0 heterocycles. The molecule has 0 fully saturated rings. The zero-order valence-corrected chi connectivity index (χ0v) is 10.6. The molecule has 16 heavy (non-hydrogen) atoms. The summed E-state index contributed by atoms with van der Waals surface area (Å²) in [4.78, 5) is 0. The van der Waals surface area contributed by atoms with Gasteiger partial charge in [0.2, 0.25) is 0 Å². The van der Waals surface area contributed by atoms with Crippen molar-refractivity contribution in [3.05, 3.63) is 24.3 Å². The maximum absolute atomic E-state index is 11.5. The number of hydrogen-bond donors (Lipinski definition) is 1. The van der Waals surface area contributed by atoms with Crippen LogP contribution in [0.4, 0.5) is 5.69 Å². The average molecular weight is 241 g/mol. The first-order chi connectivity index (χ1) is 7.58. The van der Waals surface area contributed by atoms with Gasteiger partial charge < -0.3 is 10.5 Å². The third-order valence-corrected chi connectivity index (χ3v) is 3.64. The van der Waals surface area contributed by atoms with E-state index in [1.54, 1.807) is 12.1 Å². The summed E-state index contributed by atoms with van der Waals surface area (Å²) in [7, 11) is -0.778. The summed E-state index contributed by atoms with van der Waals surface area (Å²) in [6.45, 7) is 4.63. The van der Waals surface area contributed by atoms with Gasteiger partial charge in [0.15, 0.2) is 0 Å². The SMILES string of the molecule is CC(C)CS(=O)CCOc1ccc(N)cc1. The Hall–Kier alpha value is -1.03. The third-order valence-electron chi connectivity index (χ3n) is 1.98. The Balaban J connectivity index is 2.25. The molecule has 4 heteroatoms. The highest BCUT2D eigenvalue weighted by Crippen LogP contribution is 2.12. The minimum Gasteiger partial charge on any atom is -0.493 e. The predicted octanol–water partition coefficient (Wildman–Crippen LogP) is 2.05. The third kappa shape index (κ3) is 5.16. The average Bonchev–Trinajstić information content (AvgIpc) is 2.20. The Kier molecular flexibility index (Phi) is 5.32. The smallest absolute Gasteiger partial charge is 0.119 e. The molecule has 2 N–H and O–H groups in total. The van der Waals surface area contributed by atoms with Gasteiger partial charge in [-0.2, -0.15) is 0 Å². The molecule has 0 radical (unpaired) electrons. The predicted molar refractivity (Wildman–Crippen MR) is 69.1 cm³/mol. The van der Waals surface area contributed by atoms with Crippen LogP contribution in [0.3, 0.4) is 0 Å². The van der Waals surface area contributed by atoms with E-state index in [1.807, 2.05) is 12.1 Å². The topological polar surface area (TPSA) is 52.3 Å². The van der Waals surface area contributed by atoms with Crippen LogP contribution in [-0.2, 0) is 10.8 Å². The van der Waals surface area contributed by atoms with E-state index in [0.717, 1.165) is 17.2 Å². The van der Waals surface area contributed by atoms with Crippen LogP contribution in [0.1, 0.15) is 13.8 Å². The van der Waals surface area contributed by atoms with Gasteiger partial charge >= 0.3 is 0 Å². The molecule has 1 atom stereocenters. The fourth-order valence-corrected chi connectivity index (χ4v) is 2.45. The standard InChI is InChI=1S/C12H19NO2S/c1-10(2)9-16(14)8-7-15-12-5-3-11(13)4-6-12/h3-6,10H,7-9,13H2,1-2H3. The van der Waals surface area contributed by atoms with Crippen LogP contribution >= 0.6 is 0 Å². The van der Waals surface area contributed by atoms with Crippen molar-refractivity contribution >= 4 is 16.5 Å². The fraction of sp³-hybridized carbons (Fsp3) is 0.500. The summed E-state index contributed by atoms with van der Waals surface area (Å²) in [5.41, 5.74) is 6.27. The summed E-state index contributed by atoms with van der Waals surface area (Å²) >= 11 is 0. The molecule has 0 bridgehead atoms. The molecule has 0 aliphatic carbocycles. The van der Waals surface area contributed by atoms with E-state index in [2.05, 4.69) is 13.8 Å². The number of ether oxygens (including phenoxy) is 1. The van der Waals surface area contributed by atoms with Gasteiger partial charge in [-0.05, 0) is 30.2 Å². The van der Waals surface area contributed by atoms with Gasteiger partial charge in [0.1, 0.15) is 5.75 Å². The van der Waals surface area contributed by atoms with E-state index in [4.69, 9.17) is 10.5 Å². The number of hydrogen-bond acceptors (Lipinski definition) is 3. The van der Waals surface area contributed by atoms with Gasteiger partial charge in [0.25, 0.3) is 0 Å².